The summed E-state index contributed by atoms with van der Waals surface area (Å²) in [6.07, 6.45) is 1.49. The van der Waals surface area contributed by atoms with Crippen LogP contribution in [0.2, 0.25) is 0 Å². The minimum absolute atomic E-state index is 0.0615. The molecule has 0 fully saturated rings. The highest BCUT2D eigenvalue weighted by Gasteiger charge is 2.32. The van der Waals surface area contributed by atoms with Gasteiger partial charge in [-0.05, 0) is 33.3 Å². The zero-order valence-electron chi connectivity index (χ0n) is 16.1. The zero-order valence-corrected chi connectivity index (χ0v) is 16.1. The molecule has 0 bridgehead atoms. The van der Waals surface area contributed by atoms with Crippen LogP contribution in [0.1, 0.15) is 39.7 Å². The van der Waals surface area contributed by atoms with Crippen molar-refractivity contribution in [3.63, 3.8) is 0 Å². The van der Waals surface area contributed by atoms with Crippen molar-refractivity contribution in [2.24, 2.45) is 0 Å². The second kappa shape index (κ2) is 8.75. The Hall–Kier alpha value is -2.77. The molecule has 2 N–H and O–H groups in total. The molecule has 0 saturated heterocycles. The van der Waals surface area contributed by atoms with E-state index in [-0.39, 0.29) is 18.2 Å². The van der Waals surface area contributed by atoms with Crippen molar-refractivity contribution in [2.75, 3.05) is 13.2 Å². The monoisotopic (exact) mass is 378 g/mol. The molecule has 2 rings (SSSR count). The van der Waals surface area contributed by atoms with Crippen LogP contribution in [0.15, 0.2) is 18.2 Å². The minimum atomic E-state index is -0.720. The van der Waals surface area contributed by atoms with Gasteiger partial charge in [-0.1, -0.05) is 19.1 Å². The quantitative estimate of drug-likeness (QED) is 0.703. The van der Waals surface area contributed by atoms with Crippen LogP contribution in [0, 0.1) is 0 Å². The lowest BCUT2D eigenvalue weighted by molar-refractivity contribution is -0.150. The first-order valence-electron chi connectivity index (χ1n) is 8.90. The molecule has 0 aromatic heterocycles. The predicted molar refractivity (Wildman–Crippen MR) is 97.7 cm³/mol. The molecule has 1 heterocycles. The number of benzene rings is 1. The molecule has 148 valence electrons. The molecule has 0 radical (unpaired) electrons. The maximum absolute atomic E-state index is 11.8. The molecule has 0 unspecified atom stereocenters. The third-order valence-electron chi connectivity index (χ3n) is 4.01. The molecule has 1 aromatic rings. The van der Waals surface area contributed by atoms with Crippen LogP contribution < -0.4 is 20.1 Å². The van der Waals surface area contributed by atoms with Crippen LogP contribution in [0.4, 0.5) is 4.79 Å². The van der Waals surface area contributed by atoms with Crippen LogP contribution in [0.3, 0.4) is 0 Å². The van der Waals surface area contributed by atoms with E-state index in [1.165, 1.54) is 0 Å². The second-order valence-electron chi connectivity index (χ2n) is 7.06. The van der Waals surface area contributed by atoms with E-state index in [1.807, 2.05) is 39.8 Å². The smallest absolute Gasteiger partial charge is 0.344 e. The first kappa shape index (κ1) is 20.5. The number of imide groups is 1. The van der Waals surface area contributed by atoms with Gasteiger partial charge in [0.25, 0.3) is 5.91 Å². The van der Waals surface area contributed by atoms with Crippen molar-refractivity contribution >= 4 is 17.9 Å². The Morgan fingerprint density at radius 3 is 2.70 bits per heavy atom. The summed E-state index contributed by atoms with van der Waals surface area (Å²) in [4.78, 5) is 34.9. The normalized spacial score (nSPS) is 15.1. The summed E-state index contributed by atoms with van der Waals surface area (Å²) >= 11 is 0. The lowest BCUT2D eigenvalue weighted by atomic mass is 10.0. The second-order valence-corrected chi connectivity index (χ2v) is 7.06. The molecule has 1 aliphatic heterocycles. The fourth-order valence-corrected chi connectivity index (χ4v) is 2.55. The molecule has 8 heteroatoms. The molecular weight excluding hydrogens is 352 g/mol. The van der Waals surface area contributed by atoms with Gasteiger partial charge in [0.1, 0.15) is 5.60 Å². The number of amides is 3. The Morgan fingerprint density at radius 2 is 2.00 bits per heavy atom. The first-order valence-corrected chi connectivity index (χ1v) is 8.90. The Balaban J connectivity index is 1.76. The Labute approximate surface area is 158 Å². The van der Waals surface area contributed by atoms with Crippen LogP contribution in [0.5, 0.6) is 11.5 Å². The van der Waals surface area contributed by atoms with Crippen LogP contribution >= 0.6 is 0 Å². The molecule has 1 aliphatic rings. The van der Waals surface area contributed by atoms with Gasteiger partial charge in [-0.2, -0.15) is 0 Å². The number of fused-ring (bicyclic) bond motifs is 1. The van der Waals surface area contributed by atoms with Gasteiger partial charge in [-0.25, -0.2) is 9.59 Å². The average Bonchev–Trinajstić information content (AvgIpc) is 2.92. The number of nitrogens with one attached hydrogen (secondary N) is 2. The van der Waals surface area contributed by atoms with E-state index in [4.69, 9.17) is 14.2 Å². The van der Waals surface area contributed by atoms with Crippen molar-refractivity contribution < 1.29 is 28.6 Å². The van der Waals surface area contributed by atoms with Gasteiger partial charge in [0, 0.05) is 18.0 Å². The fraction of sp³-hybridized carbons (Fsp3) is 0.526. The Kier molecular flexibility index (Phi) is 6.65. The van der Waals surface area contributed by atoms with E-state index >= 15 is 0 Å². The number of hydrogen-bond acceptors (Lipinski definition) is 6. The SMILES string of the molecule is CC[C@@H](C)NC(=O)NC(=O)COC(=O)COc1cccc2c1OC(C)(C)C2. The fourth-order valence-electron chi connectivity index (χ4n) is 2.55. The summed E-state index contributed by atoms with van der Waals surface area (Å²) in [5.41, 5.74) is 0.688. The molecule has 3 amide bonds. The van der Waals surface area contributed by atoms with Crippen molar-refractivity contribution in [3.05, 3.63) is 23.8 Å². The van der Waals surface area contributed by atoms with Crippen LogP contribution in [0.25, 0.3) is 0 Å². The molecule has 8 nitrogen and oxygen atoms in total. The van der Waals surface area contributed by atoms with E-state index < -0.39 is 24.5 Å². The minimum Gasteiger partial charge on any atom is -0.483 e. The summed E-state index contributed by atoms with van der Waals surface area (Å²) in [6.45, 7) is 6.73. The molecule has 0 aliphatic carbocycles. The van der Waals surface area contributed by atoms with Crippen molar-refractivity contribution in [2.45, 2.75) is 52.2 Å². The van der Waals surface area contributed by atoms with Gasteiger partial charge in [-0.3, -0.25) is 10.1 Å². The van der Waals surface area contributed by atoms with Gasteiger partial charge < -0.3 is 19.5 Å². The van der Waals surface area contributed by atoms with Gasteiger partial charge in [0.15, 0.2) is 24.7 Å². The van der Waals surface area contributed by atoms with E-state index in [2.05, 4.69) is 10.6 Å². The first-order chi connectivity index (χ1) is 12.7. The number of carbonyl (C=O) groups is 3. The summed E-state index contributed by atoms with van der Waals surface area (Å²) in [6, 6.07) is 4.80. The van der Waals surface area contributed by atoms with Gasteiger partial charge in [0.05, 0.1) is 0 Å². The molecule has 0 spiro atoms. The van der Waals surface area contributed by atoms with E-state index in [0.717, 1.165) is 18.4 Å². The highest BCUT2D eigenvalue weighted by atomic mass is 16.6. The Bertz CT molecular complexity index is 716. The standard InChI is InChI=1S/C19H26N2O6/c1-5-12(2)20-18(24)21-15(22)10-26-16(23)11-25-14-8-6-7-13-9-19(3,4)27-17(13)14/h6-8,12H,5,9-11H2,1-4H3,(H2,20,21,22,24)/t12-/m1/s1. The Morgan fingerprint density at radius 1 is 1.26 bits per heavy atom. The number of carbonyl (C=O) groups excluding carboxylic acids is 3. The number of para-hydroxylation sites is 1. The number of ether oxygens (including phenoxy) is 3. The molecule has 1 atom stereocenters. The van der Waals surface area contributed by atoms with Crippen molar-refractivity contribution in [1.29, 1.82) is 0 Å². The maximum atomic E-state index is 11.8. The summed E-state index contributed by atoms with van der Waals surface area (Å²) in [5.74, 6) is -0.362. The van der Waals surface area contributed by atoms with Gasteiger partial charge in [0.2, 0.25) is 0 Å². The molecule has 1 aromatic carbocycles. The number of urea groups is 1. The predicted octanol–water partition coefficient (Wildman–Crippen LogP) is 1.95. The van der Waals surface area contributed by atoms with Crippen LogP contribution in [-0.4, -0.2) is 42.8 Å². The van der Waals surface area contributed by atoms with E-state index in [1.54, 1.807) is 6.07 Å². The molecular formula is C19H26N2O6. The summed E-state index contributed by atoms with van der Waals surface area (Å²) < 4.78 is 16.2. The highest BCUT2D eigenvalue weighted by molar-refractivity contribution is 5.95. The molecule has 27 heavy (non-hydrogen) atoms. The molecule has 0 saturated carbocycles. The van der Waals surface area contributed by atoms with Crippen LogP contribution in [-0.2, 0) is 20.7 Å². The summed E-state index contributed by atoms with van der Waals surface area (Å²) in [5, 5.41) is 4.67. The van der Waals surface area contributed by atoms with E-state index in [9.17, 15) is 14.4 Å². The number of hydrogen-bond donors (Lipinski definition) is 2. The lowest BCUT2D eigenvalue weighted by Crippen LogP contribution is -2.44. The lowest BCUT2D eigenvalue weighted by Gasteiger charge is -2.18. The third-order valence-corrected chi connectivity index (χ3v) is 4.01. The highest BCUT2D eigenvalue weighted by Crippen LogP contribution is 2.41. The zero-order chi connectivity index (χ0) is 20.0. The van der Waals surface area contributed by atoms with Crippen molar-refractivity contribution in [3.8, 4) is 11.5 Å². The maximum Gasteiger partial charge on any atom is 0.344 e. The van der Waals surface area contributed by atoms with E-state index in [0.29, 0.717) is 11.5 Å². The average molecular weight is 378 g/mol. The third kappa shape index (κ3) is 6.16. The van der Waals surface area contributed by atoms with Gasteiger partial charge >= 0.3 is 12.0 Å². The number of rotatable bonds is 7. The van der Waals surface area contributed by atoms with Gasteiger partial charge in [-0.15, -0.1) is 0 Å². The number of esters is 1. The summed E-state index contributed by atoms with van der Waals surface area (Å²) in [7, 11) is 0. The topological polar surface area (TPSA) is 103 Å². The largest absolute Gasteiger partial charge is 0.483 e. The van der Waals surface area contributed by atoms with Crippen molar-refractivity contribution in [1.82, 2.24) is 10.6 Å².